The molecule has 2 heterocycles. The Morgan fingerprint density at radius 3 is 1.58 bits per heavy atom. The number of aromatic nitrogens is 4. The average Bonchev–Trinajstić information content (AvgIpc) is 3.07. The van der Waals surface area contributed by atoms with Gasteiger partial charge in [-0.3, -0.25) is 19.0 Å². The van der Waals surface area contributed by atoms with Crippen molar-refractivity contribution in [2.75, 3.05) is 10.6 Å². The van der Waals surface area contributed by atoms with Gasteiger partial charge in [0, 0.05) is 37.4 Å². The molecule has 1 aromatic carbocycles. The highest BCUT2D eigenvalue weighted by Gasteiger charge is 2.14. The third-order valence-electron chi connectivity index (χ3n) is 3.87. The zero-order chi connectivity index (χ0) is 18.8. The molecule has 2 amide bonds. The lowest BCUT2D eigenvalue weighted by Crippen LogP contribution is -2.17. The highest BCUT2D eigenvalue weighted by molar-refractivity contribution is 6.08. The fourth-order valence-electron chi connectivity index (χ4n) is 2.63. The summed E-state index contributed by atoms with van der Waals surface area (Å²) in [5, 5.41) is 14.0. The van der Waals surface area contributed by atoms with Crippen LogP contribution in [0.4, 0.5) is 11.6 Å². The van der Waals surface area contributed by atoms with Crippen LogP contribution in [-0.2, 0) is 14.1 Å². The van der Waals surface area contributed by atoms with E-state index in [-0.39, 0.29) is 11.8 Å². The molecule has 3 rings (SSSR count). The van der Waals surface area contributed by atoms with E-state index in [9.17, 15) is 9.59 Å². The first-order valence-corrected chi connectivity index (χ1v) is 8.07. The predicted octanol–water partition coefficient (Wildman–Crippen LogP) is 2.28. The lowest BCUT2D eigenvalue weighted by molar-refractivity contribution is 0.102. The van der Waals surface area contributed by atoms with Gasteiger partial charge in [0.15, 0.2) is 0 Å². The second kappa shape index (κ2) is 6.83. The van der Waals surface area contributed by atoms with Crippen molar-refractivity contribution in [1.29, 1.82) is 0 Å². The van der Waals surface area contributed by atoms with E-state index >= 15 is 0 Å². The van der Waals surface area contributed by atoms with Crippen molar-refractivity contribution in [2.24, 2.45) is 14.1 Å². The molecule has 2 N–H and O–H groups in total. The summed E-state index contributed by atoms with van der Waals surface area (Å²) in [7, 11) is 3.50. The van der Waals surface area contributed by atoms with E-state index in [1.807, 2.05) is 13.8 Å². The van der Waals surface area contributed by atoms with Crippen molar-refractivity contribution in [3.8, 4) is 0 Å². The number of aryl methyl sites for hydroxylation is 4. The van der Waals surface area contributed by atoms with Crippen LogP contribution in [0.25, 0.3) is 0 Å². The molecular formula is C18H20N6O2. The summed E-state index contributed by atoms with van der Waals surface area (Å²) in [5.74, 6) is 0.568. The zero-order valence-electron chi connectivity index (χ0n) is 15.1. The van der Waals surface area contributed by atoms with Crippen LogP contribution in [-0.4, -0.2) is 31.4 Å². The molecule has 0 bridgehead atoms. The Labute approximate surface area is 150 Å². The van der Waals surface area contributed by atoms with E-state index in [4.69, 9.17) is 0 Å². The summed E-state index contributed by atoms with van der Waals surface area (Å²) in [6.07, 6.45) is 0. The first-order valence-electron chi connectivity index (χ1n) is 8.07. The van der Waals surface area contributed by atoms with Gasteiger partial charge < -0.3 is 10.6 Å². The van der Waals surface area contributed by atoms with Crippen LogP contribution in [0.15, 0.2) is 36.4 Å². The lowest BCUT2D eigenvalue weighted by atomic mass is 10.1. The lowest BCUT2D eigenvalue weighted by Gasteiger charge is -2.08. The minimum atomic E-state index is -0.306. The Balaban J connectivity index is 1.77. The minimum Gasteiger partial charge on any atom is -0.307 e. The van der Waals surface area contributed by atoms with Crippen LogP contribution in [0, 0.1) is 13.8 Å². The number of anilines is 2. The van der Waals surface area contributed by atoms with E-state index in [0.29, 0.717) is 22.8 Å². The molecule has 8 heteroatoms. The topological polar surface area (TPSA) is 93.8 Å². The van der Waals surface area contributed by atoms with Gasteiger partial charge in [0.1, 0.15) is 11.6 Å². The summed E-state index contributed by atoms with van der Waals surface area (Å²) < 4.78 is 3.18. The van der Waals surface area contributed by atoms with E-state index in [1.165, 1.54) is 0 Å². The molecule has 8 nitrogen and oxygen atoms in total. The number of nitrogens with one attached hydrogen (secondary N) is 2. The number of hydrogen-bond acceptors (Lipinski definition) is 4. The number of rotatable bonds is 4. The first kappa shape index (κ1) is 17.4. The molecule has 0 atom stereocenters. The Hall–Kier alpha value is -3.42. The van der Waals surface area contributed by atoms with Gasteiger partial charge in [0.25, 0.3) is 11.8 Å². The van der Waals surface area contributed by atoms with Crippen molar-refractivity contribution in [2.45, 2.75) is 13.8 Å². The maximum absolute atomic E-state index is 12.5. The monoisotopic (exact) mass is 352 g/mol. The maximum atomic E-state index is 12.5. The number of carbonyl (C=O) groups is 2. The largest absolute Gasteiger partial charge is 0.307 e. The summed E-state index contributed by atoms with van der Waals surface area (Å²) in [4.78, 5) is 24.9. The highest BCUT2D eigenvalue weighted by Crippen LogP contribution is 2.14. The summed E-state index contributed by atoms with van der Waals surface area (Å²) in [6, 6.07) is 10.1. The average molecular weight is 352 g/mol. The predicted molar refractivity (Wildman–Crippen MR) is 98.2 cm³/mol. The van der Waals surface area contributed by atoms with E-state index in [0.717, 1.165) is 11.4 Å². The third kappa shape index (κ3) is 3.64. The van der Waals surface area contributed by atoms with Crippen LogP contribution in [0.5, 0.6) is 0 Å². The number of nitrogens with zero attached hydrogens (tertiary/aromatic N) is 4. The molecule has 26 heavy (non-hydrogen) atoms. The smallest absolute Gasteiger partial charge is 0.256 e. The molecule has 3 aromatic rings. The van der Waals surface area contributed by atoms with Crippen LogP contribution in [0.3, 0.4) is 0 Å². The number of carbonyl (C=O) groups excluding carboxylic acids is 2. The van der Waals surface area contributed by atoms with Gasteiger partial charge >= 0.3 is 0 Å². The minimum absolute atomic E-state index is 0.306. The van der Waals surface area contributed by atoms with Gasteiger partial charge in [-0.05, 0) is 32.0 Å². The van der Waals surface area contributed by atoms with Crippen LogP contribution in [0.1, 0.15) is 32.1 Å². The van der Waals surface area contributed by atoms with Gasteiger partial charge in [-0.2, -0.15) is 10.2 Å². The quantitative estimate of drug-likeness (QED) is 0.753. The molecule has 0 saturated carbocycles. The van der Waals surface area contributed by atoms with Gasteiger partial charge in [-0.1, -0.05) is 6.07 Å². The first-order chi connectivity index (χ1) is 12.3. The molecule has 0 fully saturated rings. The third-order valence-corrected chi connectivity index (χ3v) is 3.87. The molecule has 0 radical (unpaired) electrons. The van der Waals surface area contributed by atoms with E-state index in [1.54, 1.807) is 59.9 Å². The van der Waals surface area contributed by atoms with Gasteiger partial charge in [-0.25, -0.2) is 0 Å². The Morgan fingerprint density at radius 1 is 0.808 bits per heavy atom. The fraction of sp³-hybridized carbons (Fsp3) is 0.222. The second-order valence-corrected chi connectivity index (χ2v) is 6.08. The fourth-order valence-corrected chi connectivity index (χ4v) is 2.63. The maximum Gasteiger partial charge on any atom is 0.256 e. The molecule has 0 saturated heterocycles. The van der Waals surface area contributed by atoms with Gasteiger partial charge in [0.05, 0.1) is 11.4 Å². The van der Waals surface area contributed by atoms with E-state index < -0.39 is 0 Å². The van der Waals surface area contributed by atoms with Crippen LogP contribution in [0.2, 0.25) is 0 Å². The van der Waals surface area contributed by atoms with Gasteiger partial charge in [0.2, 0.25) is 0 Å². The van der Waals surface area contributed by atoms with Crippen molar-refractivity contribution in [3.05, 3.63) is 58.9 Å². The standard InChI is InChI=1S/C18H20N6O2/c1-11-8-15(23(3)21-11)19-17(25)13-6-5-7-14(10-13)18(26)20-16-9-12(2)22-24(16)4/h5-10H,1-4H3,(H,19,25)(H,20,26). The van der Waals surface area contributed by atoms with E-state index in [2.05, 4.69) is 20.8 Å². The van der Waals surface area contributed by atoms with Crippen molar-refractivity contribution in [1.82, 2.24) is 19.6 Å². The Bertz CT molecular complexity index is 910. The van der Waals surface area contributed by atoms with Crippen LogP contribution < -0.4 is 10.6 Å². The Morgan fingerprint density at radius 2 is 1.23 bits per heavy atom. The molecular weight excluding hydrogens is 332 g/mol. The zero-order valence-corrected chi connectivity index (χ0v) is 15.1. The van der Waals surface area contributed by atoms with Crippen molar-refractivity contribution >= 4 is 23.5 Å². The van der Waals surface area contributed by atoms with Crippen LogP contribution >= 0.6 is 0 Å². The molecule has 0 aliphatic heterocycles. The summed E-state index contributed by atoms with van der Waals surface area (Å²) in [6.45, 7) is 3.70. The molecule has 0 aliphatic carbocycles. The summed E-state index contributed by atoms with van der Waals surface area (Å²) >= 11 is 0. The summed E-state index contributed by atoms with van der Waals surface area (Å²) in [5.41, 5.74) is 2.39. The molecule has 0 spiro atoms. The highest BCUT2D eigenvalue weighted by atomic mass is 16.2. The SMILES string of the molecule is Cc1cc(NC(=O)c2cccc(C(=O)Nc3cc(C)nn3C)c2)n(C)n1. The molecule has 0 aliphatic rings. The number of hydrogen-bond donors (Lipinski definition) is 2. The molecule has 134 valence electrons. The second-order valence-electron chi connectivity index (χ2n) is 6.08. The molecule has 0 unspecified atom stereocenters. The van der Waals surface area contributed by atoms with Crippen molar-refractivity contribution in [3.63, 3.8) is 0 Å². The Kier molecular flexibility index (Phi) is 4.57. The number of benzene rings is 1. The molecule has 2 aromatic heterocycles. The van der Waals surface area contributed by atoms with Crippen molar-refractivity contribution < 1.29 is 9.59 Å². The number of amides is 2. The normalized spacial score (nSPS) is 10.6. The van der Waals surface area contributed by atoms with Gasteiger partial charge in [-0.15, -0.1) is 0 Å².